The van der Waals surface area contributed by atoms with Crippen LogP contribution in [-0.2, 0) is 9.47 Å². The number of nitrogens with zero attached hydrogens (tertiary/aromatic N) is 4. The average molecular weight is 374 g/mol. The molecule has 4 rings (SSSR count). The number of nitrogen functional groups attached to an aromatic ring is 1. The first-order valence-electron chi connectivity index (χ1n) is 8.15. The number of hydrogen-bond donors (Lipinski definition) is 2. The van der Waals surface area contributed by atoms with Crippen LogP contribution in [0, 0.1) is 0 Å². The molecule has 0 amide bonds. The van der Waals surface area contributed by atoms with Crippen molar-refractivity contribution in [3.05, 3.63) is 46.2 Å². The summed E-state index contributed by atoms with van der Waals surface area (Å²) in [6.45, 7) is -0.256. The van der Waals surface area contributed by atoms with Crippen LogP contribution in [0.1, 0.15) is 23.0 Å². The summed E-state index contributed by atoms with van der Waals surface area (Å²) in [5.41, 5.74) is 5.42. The van der Waals surface area contributed by atoms with Crippen LogP contribution >= 0.6 is 0 Å². The third-order valence-electron chi connectivity index (χ3n) is 4.18. The molecule has 3 N–H and O–H groups in total. The maximum Gasteiger partial charge on any atom is 0.338 e. The van der Waals surface area contributed by atoms with Crippen molar-refractivity contribution < 1.29 is 18.7 Å². The van der Waals surface area contributed by atoms with Gasteiger partial charge in [-0.3, -0.25) is 9.78 Å². The van der Waals surface area contributed by atoms with Crippen molar-refractivity contribution in [3.63, 3.8) is 0 Å². The van der Waals surface area contributed by atoms with E-state index in [2.05, 4.69) is 20.3 Å². The molecule has 3 heterocycles. The van der Waals surface area contributed by atoms with Gasteiger partial charge in [0.1, 0.15) is 18.9 Å². The van der Waals surface area contributed by atoms with E-state index >= 15 is 0 Å². The summed E-state index contributed by atoms with van der Waals surface area (Å²) in [7, 11) is 0. The Bertz CT molecular complexity index is 1040. The van der Waals surface area contributed by atoms with Crippen LogP contribution in [-0.4, -0.2) is 49.8 Å². The van der Waals surface area contributed by atoms with Gasteiger partial charge in [0, 0.05) is 6.42 Å². The number of carbonyl (C=O) groups excluding carboxylic acids is 1. The number of benzene rings is 1. The van der Waals surface area contributed by atoms with Gasteiger partial charge in [-0.05, 0) is 12.1 Å². The maximum absolute atomic E-state index is 14.4. The van der Waals surface area contributed by atoms with Gasteiger partial charge in [0.15, 0.2) is 17.4 Å². The lowest BCUT2D eigenvalue weighted by molar-refractivity contribution is -0.0456. The predicted octanol–water partition coefficient (Wildman–Crippen LogP) is 0.579. The number of alkyl halides is 1. The highest BCUT2D eigenvalue weighted by atomic mass is 19.1. The molecule has 1 aliphatic heterocycles. The second-order valence-electron chi connectivity index (χ2n) is 6.00. The van der Waals surface area contributed by atoms with Crippen molar-refractivity contribution in [3.8, 4) is 0 Å². The van der Waals surface area contributed by atoms with Crippen molar-refractivity contribution in [2.24, 2.45) is 0 Å². The number of halogens is 1. The van der Waals surface area contributed by atoms with Gasteiger partial charge in [-0.2, -0.15) is 9.67 Å². The Kier molecular flexibility index (Phi) is 4.28. The number of fused-ring (bicyclic) bond motifs is 1. The summed E-state index contributed by atoms with van der Waals surface area (Å²) in [6, 6.07) is 8.37. The number of hydrogen-bond acceptors (Lipinski definition) is 8. The van der Waals surface area contributed by atoms with Crippen LogP contribution in [0.25, 0.3) is 11.2 Å². The van der Waals surface area contributed by atoms with Crippen LogP contribution in [0.3, 0.4) is 0 Å². The van der Waals surface area contributed by atoms with E-state index < -0.39 is 30.0 Å². The Balaban J connectivity index is 1.47. The first-order chi connectivity index (χ1) is 13.0. The first kappa shape index (κ1) is 17.1. The van der Waals surface area contributed by atoms with Crippen molar-refractivity contribution >= 4 is 23.1 Å². The predicted molar refractivity (Wildman–Crippen MR) is 90.5 cm³/mol. The number of nitrogens with two attached hydrogens (primary N) is 1. The molecule has 3 atom stereocenters. The third kappa shape index (κ3) is 3.24. The monoisotopic (exact) mass is 374 g/mol. The van der Waals surface area contributed by atoms with Gasteiger partial charge < -0.3 is 15.2 Å². The molecule has 1 saturated heterocycles. The number of esters is 1. The Labute approximate surface area is 151 Å². The Hall–Kier alpha value is -3.34. The zero-order valence-corrected chi connectivity index (χ0v) is 13.9. The molecule has 11 heteroatoms. The van der Waals surface area contributed by atoms with E-state index in [9.17, 15) is 14.0 Å². The molecule has 0 spiro atoms. The number of ether oxygens (including phenoxy) is 2. The minimum absolute atomic E-state index is 0.0258. The summed E-state index contributed by atoms with van der Waals surface area (Å²) >= 11 is 0. The van der Waals surface area contributed by atoms with Gasteiger partial charge in [0.25, 0.3) is 5.56 Å². The number of anilines is 1. The number of rotatable bonds is 4. The molecule has 1 aliphatic rings. The molecule has 1 aromatic carbocycles. The van der Waals surface area contributed by atoms with E-state index in [1.54, 1.807) is 30.3 Å². The van der Waals surface area contributed by atoms with Gasteiger partial charge >= 0.3 is 5.97 Å². The summed E-state index contributed by atoms with van der Waals surface area (Å²) in [4.78, 5) is 30.1. The van der Waals surface area contributed by atoms with Gasteiger partial charge in [0.05, 0.1) is 5.56 Å². The Morgan fingerprint density at radius 3 is 2.96 bits per heavy atom. The second kappa shape index (κ2) is 6.76. The number of nitrogens with one attached hydrogen (secondary N) is 1. The van der Waals surface area contributed by atoms with Crippen molar-refractivity contribution in [1.82, 2.24) is 25.0 Å². The van der Waals surface area contributed by atoms with Gasteiger partial charge in [0.2, 0.25) is 5.95 Å². The molecule has 0 saturated carbocycles. The Morgan fingerprint density at radius 1 is 1.41 bits per heavy atom. The topological polar surface area (TPSA) is 138 Å². The van der Waals surface area contributed by atoms with E-state index in [-0.39, 0.29) is 30.1 Å². The van der Waals surface area contributed by atoms with E-state index in [1.807, 2.05) is 0 Å². The smallest absolute Gasteiger partial charge is 0.338 e. The van der Waals surface area contributed by atoms with Crippen LogP contribution in [0.5, 0.6) is 0 Å². The highest BCUT2D eigenvalue weighted by molar-refractivity contribution is 5.89. The van der Waals surface area contributed by atoms with Crippen molar-refractivity contribution in [1.29, 1.82) is 0 Å². The minimum Gasteiger partial charge on any atom is -0.459 e. The average Bonchev–Trinajstić information content (AvgIpc) is 3.24. The summed E-state index contributed by atoms with van der Waals surface area (Å²) in [6.07, 6.45) is -3.27. The molecular formula is C16H15FN6O4. The molecule has 0 radical (unpaired) electrons. The molecule has 2 aromatic heterocycles. The largest absolute Gasteiger partial charge is 0.459 e. The number of H-pyrrole nitrogens is 1. The van der Waals surface area contributed by atoms with E-state index in [4.69, 9.17) is 15.2 Å². The molecule has 27 heavy (non-hydrogen) atoms. The normalized spacial score (nSPS) is 22.2. The Morgan fingerprint density at radius 2 is 2.19 bits per heavy atom. The van der Waals surface area contributed by atoms with E-state index in [0.717, 1.165) is 0 Å². The molecular weight excluding hydrogens is 359 g/mol. The molecule has 1 fully saturated rings. The summed E-state index contributed by atoms with van der Waals surface area (Å²) < 4.78 is 26.3. The fourth-order valence-corrected chi connectivity index (χ4v) is 2.85. The second-order valence-corrected chi connectivity index (χ2v) is 6.00. The fourth-order valence-electron chi connectivity index (χ4n) is 2.85. The minimum atomic E-state index is -1.39. The highest BCUT2D eigenvalue weighted by Gasteiger charge is 2.39. The molecule has 3 aromatic rings. The molecule has 0 aliphatic carbocycles. The fraction of sp³-hybridized carbons (Fsp3) is 0.312. The van der Waals surface area contributed by atoms with Crippen LogP contribution in [0.4, 0.5) is 10.3 Å². The molecule has 0 bridgehead atoms. The van der Waals surface area contributed by atoms with Crippen LogP contribution < -0.4 is 11.3 Å². The summed E-state index contributed by atoms with van der Waals surface area (Å²) in [5, 5.41) is 7.55. The van der Waals surface area contributed by atoms with Gasteiger partial charge in [-0.15, -0.1) is 5.10 Å². The number of aromatic amines is 1. The lowest BCUT2D eigenvalue weighted by Gasteiger charge is -2.14. The SMILES string of the molecule is Nc1nc2c(nnn2[C@H]2C[C@H](F)[C@@H](COC(=O)c3ccccc3)O2)c(=O)[nH]1. The van der Waals surface area contributed by atoms with Crippen molar-refractivity contribution in [2.75, 3.05) is 12.3 Å². The molecule has 140 valence electrons. The van der Waals surface area contributed by atoms with Gasteiger partial charge in [-0.1, -0.05) is 23.4 Å². The first-order valence-corrected chi connectivity index (χ1v) is 8.15. The van der Waals surface area contributed by atoms with Gasteiger partial charge in [-0.25, -0.2) is 9.18 Å². The number of aromatic nitrogens is 5. The van der Waals surface area contributed by atoms with Crippen LogP contribution in [0.2, 0.25) is 0 Å². The zero-order chi connectivity index (χ0) is 19.0. The lowest BCUT2D eigenvalue weighted by Crippen LogP contribution is -2.25. The standard InChI is InChI=1S/C16H15FN6O4/c17-9-6-11(23-13-12(21-22-23)14(24)20-16(18)19-13)27-10(9)7-26-15(25)8-4-2-1-3-5-8/h1-5,9-11H,6-7H2,(H3,18,19,20,24)/t9-,10+,11+/m0/s1. The summed E-state index contributed by atoms with van der Waals surface area (Å²) in [5.74, 6) is -0.679. The van der Waals surface area contributed by atoms with E-state index in [1.165, 1.54) is 4.68 Å². The third-order valence-corrected chi connectivity index (χ3v) is 4.18. The molecule has 10 nitrogen and oxygen atoms in total. The quantitative estimate of drug-likeness (QED) is 0.633. The molecule has 0 unspecified atom stereocenters. The number of carbonyl (C=O) groups is 1. The highest BCUT2D eigenvalue weighted by Crippen LogP contribution is 2.31. The zero-order valence-electron chi connectivity index (χ0n) is 13.9. The van der Waals surface area contributed by atoms with Crippen molar-refractivity contribution in [2.45, 2.75) is 24.9 Å². The van der Waals surface area contributed by atoms with E-state index in [0.29, 0.717) is 5.56 Å². The van der Waals surface area contributed by atoms with Crippen LogP contribution in [0.15, 0.2) is 35.1 Å². The lowest BCUT2D eigenvalue weighted by atomic mass is 10.2. The maximum atomic E-state index is 14.4.